The van der Waals surface area contributed by atoms with Crippen LogP contribution in [0.3, 0.4) is 0 Å². The summed E-state index contributed by atoms with van der Waals surface area (Å²) in [7, 11) is 1.57. The molecule has 2 heterocycles. The van der Waals surface area contributed by atoms with Gasteiger partial charge in [0.2, 0.25) is 0 Å². The third-order valence-corrected chi connectivity index (χ3v) is 5.37. The van der Waals surface area contributed by atoms with Gasteiger partial charge in [0, 0.05) is 24.3 Å². The number of piperidine rings is 1. The van der Waals surface area contributed by atoms with Gasteiger partial charge in [0.15, 0.2) is 5.60 Å². The highest BCUT2D eigenvalue weighted by atomic mass is 19.1. The average Bonchev–Trinajstić information content (AvgIpc) is 3.19. The smallest absolute Gasteiger partial charge is 0.321 e. The predicted molar refractivity (Wildman–Crippen MR) is 114 cm³/mol. The molecule has 0 aliphatic carbocycles. The molecule has 2 aliphatic heterocycles. The highest BCUT2D eigenvalue weighted by Gasteiger charge is 2.45. The fourth-order valence-corrected chi connectivity index (χ4v) is 3.75. The number of carbonyl (C=O) groups excluding carboxylic acids is 2. The SMILES string of the molecule is COc1ccc(NC(=O)C2=NOC3(CCCN(C(=O)Nc4ccc(F)cc4)C3)C2)cc1. The van der Waals surface area contributed by atoms with Crippen molar-refractivity contribution < 1.29 is 23.6 Å². The maximum absolute atomic E-state index is 13.1. The van der Waals surface area contributed by atoms with Crippen LogP contribution in [-0.2, 0) is 9.63 Å². The van der Waals surface area contributed by atoms with E-state index in [-0.39, 0.29) is 23.5 Å². The molecule has 1 saturated heterocycles. The van der Waals surface area contributed by atoms with E-state index < -0.39 is 5.60 Å². The molecule has 1 spiro atoms. The first-order valence-electron chi connectivity index (χ1n) is 9.98. The second-order valence-electron chi connectivity index (χ2n) is 7.63. The van der Waals surface area contributed by atoms with Crippen molar-refractivity contribution in [1.82, 2.24) is 4.90 Å². The number of hydrogen-bond acceptors (Lipinski definition) is 5. The first kappa shape index (κ1) is 20.6. The lowest BCUT2D eigenvalue weighted by atomic mass is 9.88. The Morgan fingerprint density at radius 3 is 2.48 bits per heavy atom. The van der Waals surface area contributed by atoms with Crippen LogP contribution in [0, 0.1) is 5.82 Å². The number of carbonyl (C=O) groups is 2. The fraction of sp³-hybridized carbons (Fsp3) is 0.318. The monoisotopic (exact) mass is 426 g/mol. The number of benzene rings is 2. The van der Waals surface area contributed by atoms with Crippen LogP contribution in [0.1, 0.15) is 19.3 Å². The quantitative estimate of drug-likeness (QED) is 0.781. The molecule has 2 aliphatic rings. The number of nitrogens with one attached hydrogen (secondary N) is 2. The fourth-order valence-electron chi connectivity index (χ4n) is 3.75. The summed E-state index contributed by atoms with van der Waals surface area (Å²) in [6.45, 7) is 0.869. The van der Waals surface area contributed by atoms with Gasteiger partial charge >= 0.3 is 6.03 Å². The maximum atomic E-state index is 13.1. The van der Waals surface area contributed by atoms with Gasteiger partial charge in [-0.25, -0.2) is 9.18 Å². The minimum Gasteiger partial charge on any atom is -0.497 e. The lowest BCUT2D eigenvalue weighted by Crippen LogP contribution is -2.52. The number of urea groups is 1. The number of hydrogen-bond donors (Lipinski definition) is 2. The molecular weight excluding hydrogens is 403 g/mol. The Morgan fingerprint density at radius 1 is 1.10 bits per heavy atom. The highest BCUT2D eigenvalue weighted by molar-refractivity contribution is 6.43. The van der Waals surface area contributed by atoms with Gasteiger partial charge in [-0.15, -0.1) is 0 Å². The normalized spacial score (nSPS) is 20.1. The molecule has 2 N–H and O–H groups in total. The summed E-state index contributed by atoms with van der Waals surface area (Å²) in [5.74, 6) is -0.0125. The summed E-state index contributed by atoms with van der Waals surface area (Å²) >= 11 is 0. The van der Waals surface area contributed by atoms with Crippen LogP contribution in [0.2, 0.25) is 0 Å². The van der Waals surface area contributed by atoms with E-state index in [0.717, 1.165) is 6.42 Å². The van der Waals surface area contributed by atoms with Gasteiger partial charge in [-0.3, -0.25) is 4.79 Å². The number of nitrogens with zero attached hydrogens (tertiary/aromatic N) is 2. The van der Waals surface area contributed by atoms with Crippen molar-refractivity contribution in [3.63, 3.8) is 0 Å². The minimum atomic E-state index is -0.717. The Labute approximate surface area is 179 Å². The van der Waals surface area contributed by atoms with Crippen LogP contribution in [0.15, 0.2) is 53.7 Å². The molecule has 3 amide bonds. The Hall–Kier alpha value is -3.62. The van der Waals surface area contributed by atoms with Crippen LogP contribution in [0.4, 0.5) is 20.6 Å². The van der Waals surface area contributed by atoms with E-state index in [0.29, 0.717) is 43.1 Å². The molecule has 0 bridgehead atoms. The van der Waals surface area contributed by atoms with Gasteiger partial charge in [0.05, 0.1) is 13.7 Å². The van der Waals surface area contributed by atoms with Crippen molar-refractivity contribution in [2.75, 3.05) is 30.8 Å². The van der Waals surface area contributed by atoms with E-state index >= 15 is 0 Å². The molecule has 2 aromatic rings. The van der Waals surface area contributed by atoms with Gasteiger partial charge < -0.3 is 25.1 Å². The molecule has 1 fully saturated rings. The van der Waals surface area contributed by atoms with E-state index in [1.165, 1.54) is 24.3 Å². The largest absolute Gasteiger partial charge is 0.497 e. The number of likely N-dealkylation sites (tertiary alicyclic amines) is 1. The molecule has 4 rings (SSSR count). The zero-order valence-corrected chi connectivity index (χ0v) is 17.1. The van der Waals surface area contributed by atoms with Crippen LogP contribution in [0.25, 0.3) is 0 Å². The molecule has 0 radical (unpaired) electrons. The number of oxime groups is 1. The molecule has 1 atom stereocenters. The Kier molecular flexibility index (Phi) is 5.75. The first-order valence-corrected chi connectivity index (χ1v) is 9.98. The molecule has 162 valence electrons. The summed E-state index contributed by atoms with van der Waals surface area (Å²) in [6.07, 6.45) is 1.73. The van der Waals surface area contributed by atoms with Gasteiger partial charge in [-0.1, -0.05) is 5.16 Å². The number of halogens is 1. The number of amides is 3. The van der Waals surface area contributed by atoms with Crippen molar-refractivity contribution in [3.8, 4) is 5.75 Å². The van der Waals surface area contributed by atoms with Crippen LogP contribution in [-0.4, -0.2) is 48.4 Å². The van der Waals surface area contributed by atoms with Gasteiger partial charge in [-0.05, 0) is 61.4 Å². The van der Waals surface area contributed by atoms with Crippen LogP contribution >= 0.6 is 0 Å². The lowest BCUT2D eigenvalue weighted by molar-refractivity contribution is -0.110. The van der Waals surface area contributed by atoms with Crippen molar-refractivity contribution >= 4 is 29.0 Å². The second kappa shape index (κ2) is 8.63. The zero-order valence-electron chi connectivity index (χ0n) is 17.1. The Bertz CT molecular complexity index is 994. The topological polar surface area (TPSA) is 92.3 Å². The third kappa shape index (κ3) is 4.76. The van der Waals surface area contributed by atoms with Crippen LogP contribution in [0.5, 0.6) is 5.75 Å². The number of anilines is 2. The van der Waals surface area contributed by atoms with Crippen molar-refractivity contribution in [1.29, 1.82) is 0 Å². The lowest BCUT2D eigenvalue weighted by Gasteiger charge is -2.38. The van der Waals surface area contributed by atoms with Crippen molar-refractivity contribution in [2.45, 2.75) is 24.9 Å². The van der Waals surface area contributed by atoms with E-state index in [2.05, 4.69) is 15.8 Å². The zero-order chi connectivity index (χ0) is 21.8. The summed E-state index contributed by atoms with van der Waals surface area (Å²) in [5.41, 5.74) is 0.703. The number of rotatable bonds is 4. The van der Waals surface area contributed by atoms with E-state index in [1.54, 1.807) is 36.3 Å². The van der Waals surface area contributed by atoms with Crippen molar-refractivity contribution in [3.05, 3.63) is 54.3 Å². The molecule has 8 nitrogen and oxygen atoms in total. The van der Waals surface area contributed by atoms with E-state index in [9.17, 15) is 14.0 Å². The van der Waals surface area contributed by atoms with E-state index in [1.807, 2.05) is 0 Å². The molecular formula is C22H23FN4O4. The summed E-state index contributed by atoms with van der Waals surface area (Å²) in [6, 6.07) is 12.3. The van der Waals surface area contributed by atoms with Crippen LogP contribution < -0.4 is 15.4 Å². The second-order valence-corrected chi connectivity index (χ2v) is 7.63. The van der Waals surface area contributed by atoms with Gasteiger partial charge in [0.25, 0.3) is 5.91 Å². The van der Waals surface area contributed by atoms with Crippen molar-refractivity contribution in [2.24, 2.45) is 5.16 Å². The molecule has 1 unspecified atom stereocenters. The number of ether oxygens (including phenoxy) is 1. The summed E-state index contributed by atoms with van der Waals surface area (Å²) in [4.78, 5) is 32.5. The molecule has 0 saturated carbocycles. The Balaban J connectivity index is 1.35. The summed E-state index contributed by atoms with van der Waals surface area (Å²) in [5, 5.41) is 9.57. The molecule has 2 aromatic carbocycles. The maximum Gasteiger partial charge on any atom is 0.321 e. The van der Waals surface area contributed by atoms with Gasteiger partial charge in [-0.2, -0.15) is 0 Å². The molecule has 9 heteroatoms. The summed E-state index contributed by atoms with van der Waals surface area (Å²) < 4.78 is 18.2. The number of methoxy groups -OCH3 is 1. The third-order valence-electron chi connectivity index (χ3n) is 5.37. The molecule has 31 heavy (non-hydrogen) atoms. The first-order chi connectivity index (χ1) is 15.0. The Morgan fingerprint density at radius 2 is 1.77 bits per heavy atom. The average molecular weight is 426 g/mol. The standard InChI is InChI=1S/C22H23FN4O4/c1-30-18-9-7-16(8-10-18)24-20(28)19-13-22(31-26-19)11-2-12-27(14-22)21(29)25-17-5-3-15(23)4-6-17/h3-10H,2,11-14H2,1H3,(H,24,28)(H,25,29). The van der Waals surface area contributed by atoms with Gasteiger partial charge in [0.1, 0.15) is 17.3 Å². The highest BCUT2D eigenvalue weighted by Crippen LogP contribution is 2.34. The van der Waals surface area contributed by atoms with E-state index in [4.69, 9.17) is 9.57 Å². The predicted octanol–water partition coefficient (Wildman–Crippen LogP) is 3.62. The molecule has 0 aromatic heterocycles. The minimum absolute atomic E-state index is 0.289.